The molecule has 0 aromatic heterocycles. The van der Waals surface area contributed by atoms with Crippen molar-refractivity contribution in [1.82, 2.24) is 5.32 Å². The van der Waals surface area contributed by atoms with Crippen molar-refractivity contribution in [2.24, 2.45) is 0 Å². The number of hydrogen-bond donors (Lipinski definition) is 1. The van der Waals surface area contributed by atoms with Gasteiger partial charge in [0.1, 0.15) is 32.1 Å². The molecular formula is C22H28N2O6S. The largest absolute Gasteiger partial charge is 0.491 e. The number of nitrogens with zero attached hydrogens (tertiary/aromatic N) is 1. The summed E-state index contributed by atoms with van der Waals surface area (Å²) < 4.78 is 43.1. The van der Waals surface area contributed by atoms with Crippen molar-refractivity contribution in [1.29, 1.82) is 0 Å². The van der Waals surface area contributed by atoms with Crippen LogP contribution in [0, 0.1) is 13.8 Å². The third-order valence-electron chi connectivity index (χ3n) is 4.83. The number of ether oxygens (including phenoxy) is 3. The van der Waals surface area contributed by atoms with Crippen LogP contribution in [-0.4, -0.2) is 53.0 Å². The highest BCUT2D eigenvalue weighted by molar-refractivity contribution is 7.92. The summed E-state index contributed by atoms with van der Waals surface area (Å²) in [6, 6.07) is 10.8. The lowest BCUT2D eigenvalue weighted by molar-refractivity contribution is -0.119. The quantitative estimate of drug-likeness (QED) is 0.592. The van der Waals surface area contributed by atoms with Gasteiger partial charge in [-0.2, -0.15) is 0 Å². The molecule has 31 heavy (non-hydrogen) atoms. The Balaban J connectivity index is 1.62. The first-order valence-electron chi connectivity index (χ1n) is 10.2. The number of sulfonamides is 1. The van der Waals surface area contributed by atoms with Crippen LogP contribution in [0.2, 0.25) is 0 Å². The SMILES string of the molecule is CCS(=O)(=O)N(CC(=O)NCCOc1cc(C)ccc1C)c1ccc2c(c1)OCCO2. The van der Waals surface area contributed by atoms with Crippen molar-refractivity contribution >= 4 is 21.6 Å². The lowest BCUT2D eigenvalue weighted by atomic mass is 10.1. The molecule has 1 heterocycles. The maximum absolute atomic E-state index is 12.6. The predicted molar refractivity (Wildman–Crippen MR) is 119 cm³/mol. The number of fused-ring (bicyclic) bond motifs is 1. The molecule has 0 atom stereocenters. The first kappa shape index (κ1) is 22.7. The number of hydrogen-bond acceptors (Lipinski definition) is 6. The van der Waals surface area contributed by atoms with Gasteiger partial charge in [-0.15, -0.1) is 0 Å². The summed E-state index contributed by atoms with van der Waals surface area (Å²) in [6.07, 6.45) is 0. The molecule has 0 aliphatic carbocycles. The van der Waals surface area contributed by atoms with Gasteiger partial charge in [-0.3, -0.25) is 9.10 Å². The molecule has 0 saturated carbocycles. The van der Waals surface area contributed by atoms with Gasteiger partial charge in [0.2, 0.25) is 15.9 Å². The fourth-order valence-corrected chi connectivity index (χ4v) is 4.15. The van der Waals surface area contributed by atoms with Crippen LogP contribution in [0.25, 0.3) is 0 Å². The van der Waals surface area contributed by atoms with E-state index in [4.69, 9.17) is 14.2 Å². The van der Waals surface area contributed by atoms with E-state index in [9.17, 15) is 13.2 Å². The van der Waals surface area contributed by atoms with Gasteiger partial charge in [0, 0.05) is 6.07 Å². The summed E-state index contributed by atoms with van der Waals surface area (Å²) in [5, 5.41) is 2.72. The Hall–Kier alpha value is -2.94. The average Bonchev–Trinajstić information content (AvgIpc) is 2.76. The third kappa shape index (κ3) is 5.81. The van der Waals surface area contributed by atoms with Crippen LogP contribution < -0.4 is 23.8 Å². The third-order valence-corrected chi connectivity index (χ3v) is 6.57. The Kier molecular flexibility index (Phi) is 7.27. The standard InChI is InChI=1S/C22H28N2O6S/c1-4-31(26,27)24(18-7-8-19-21(14-18)30-12-11-29-19)15-22(25)23-9-10-28-20-13-16(2)5-6-17(20)3/h5-8,13-14H,4,9-12,15H2,1-3H3,(H,23,25). The number of benzene rings is 2. The van der Waals surface area contributed by atoms with E-state index in [2.05, 4.69) is 5.32 Å². The van der Waals surface area contributed by atoms with Crippen LogP contribution in [0.1, 0.15) is 18.1 Å². The summed E-state index contributed by atoms with van der Waals surface area (Å²) in [4.78, 5) is 12.5. The Bertz CT molecular complexity index is 1040. The fraction of sp³-hybridized carbons (Fsp3) is 0.409. The molecule has 0 unspecified atom stereocenters. The molecule has 1 N–H and O–H groups in total. The van der Waals surface area contributed by atoms with Crippen LogP contribution in [0.5, 0.6) is 17.2 Å². The van der Waals surface area contributed by atoms with E-state index in [1.807, 2.05) is 32.0 Å². The molecule has 168 valence electrons. The van der Waals surface area contributed by atoms with Crippen molar-refractivity contribution < 1.29 is 27.4 Å². The molecule has 0 radical (unpaired) electrons. The van der Waals surface area contributed by atoms with E-state index in [1.165, 1.54) is 6.92 Å². The Morgan fingerprint density at radius 3 is 2.58 bits per heavy atom. The lowest BCUT2D eigenvalue weighted by Gasteiger charge is -2.25. The zero-order chi connectivity index (χ0) is 22.4. The molecule has 8 nitrogen and oxygen atoms in total. The molecule has 3 rings (SSSR count). The van der Waals surface area contributed by atoms with Gasteiger partial charge < -0.3 is 19.5 Å². The van der Waals surface area contributed by atoms with Crippen LogP contribution in [0.4, 0.5) is 5.69 Å². The summed E-state index contributed by atoms with van der Waals surface area (Å²) in [7, 11) is -3.67. The highest BCUT2D eigenvalue weighted by Crippen LogP contribution is 2.34. The van der Waals surface area contributed by atoms with Crippen LogP contribution in [0.15, 0.2) is 36.4 Å². The van der Waals surface area contributed by atoms with Crippen molar-refractivity contribution in [2.75, 3.05) is 43.0 Å². The monoisotopic (exact) mass is 448 g/mol. The van der Waals surface area contributed by atoms with Crippen LogP contribution >= 0.6 is 0 Å². The second-order valence-electron chi connectivity index (χ2n) is 7.20. The number of carbonyl (C=O) groups excluding carboxylic acids is 1. The van der Waals surface area contributed by atoms with E-state index >= 15 is 0 Å². The van der Waals surface area contributed by atoms with E-state index in [0.29, 0.717) is 30.4 Å². The van der Waals surface area contributed by atoms with E-state index in [0.717, 1.165) is 21.2 Å². The highest BCUT2D eigenvalue weighted by Gasteiger charge is 2.25. The molecule has 1 amide bonds. The molecular weight excluding hydrogens is 420 g/mol. The minimum absolute atomic E-state index is 0.134. The Morgan fingerprint density at radius 2 is 1.84 bits per heavy atom. The highest BCUT2D eigenvalue weighted by atomic mass is 32.2. The topological polar surface area (TPSA) is 94.2 Å². The first-order chi connectivity index (χ1) is 14.8. The summed E-state index contributed by atoms with van der Waals surface area (Å²) in [5.41, 5.74) is 2.45. The van der Waals surface area contributed by atoms with Gasteiger partial charge in [-0.25, -0.2) is 8.42 Å². The first-order valence-corrected chi connectivity index (χ1v) is 11.8. The van der Waals surface area contributed by atoms with Crippen LogP contribution in [-0.2, 0) is 14.8 Å². The van der Waals surface area contributed by atoms with Gasteiger partial charge in [-0.05, 0) is 50.1 Å². The molecule has 1 aliphatic heterocycles. The zero-order valence-corrected chi connectivity index (χ0v) is 18.8. The summed E-state index contributed by atoms with van der Waals surface area (Å²) in [5.74, 6) is 1.22. The average molecular weight is 449 g/mol. The number of rotatable bonds is 9. The van der Waals surface area contributed by atoms with Crippen LogP contribution in [0.3, 0.4) is 0 Å². The number of anilines is 1. The Labute approximate surface area is 183 Å². The Morgan fingerprint density at radius 1 is 1.10 bits per heavy atom. The zero-order valence-electron chi connectivity index (χ0n) is 18.0. The van der Waals surface area contributed by atoms with Gasteiger partial charge >= 0.3 is 0 Å². The van der Waals surface area contributed by atoms with E-state index < -0.39 is 15.9 Å². The minimum Gasteiger partial charge on any atom is -0.491 e. The number of amides is 1. The van der Waals surface area contributed by atoms with E-state index in [-0.39, 0.29) is 25.4 Å². The van der Waals surface area contributed by atoms with Crippen molar-refractivity contribution in [3.63, 3.8) is 0 Å². The van der Waals surface area contributed by atoms with E-state index in [1.54, 1.807) is 18.2 Å². The van der Waals surface area contributed by atoms with Gasteiger partial charge in [-0.1, -0.05) is 12.1 Å². The molecule has 0 saturated heterocycles. The van der Waals surface area contributed by atoms with Crippen molar-refractivity contribution in [3.05, 3.63) is 47.5 Å². The molecule has 9 heteroatoms. The second kappa shape index (κ2) is 9.91. The van der Waals surface area contributed by atoms with Crippen molar-refractivity contribution in [2.45, 2.75) is 20.8 Å². The second-order valence-corrected chi connectivity index (χ2v) is 9.38. The predicted octanol–water partition coefficient (Wildman–Crippen LogP) is 2.43. The molecule has 2 aromatic rings. The molecule has 0 spiro atoms. The number of aryl methyl sites for hydroxylation is 2. The lowest BCUT2D eigenvalue weighted by Crippen LogP contribution is -2.42. The fourth-order valence-electron chi connectivity index (χ4n) is 3.09. The normalized spacial score (nSPS) is 12.9. The maximum atomic E-state index is 12.6. The molecule has 0 bridgehead atoms. The molecule has 1 aliphatic rings. The molecule has 2 aromatic carbocycles. The number of carbonyl (C=O) groups is 1. The molecule has 0 fully saturated rings. The summed E-state index contributed by atoms with van der Waals surface area (Å²) >= 11 is 0. The minimum atomic E-state index is -3.67. The van der Waals surface area contributed by atoms with Crippen molar-refractivity contribution in [3.8, 4) is 17.2 Å². The smallest absolute Gasteiger partial charge is 0.240 e. The van der Waals surface area contributed by atoms with Gasteiger partial charge in [0.25, 0.3) is 0 Å². The van der Waals surface area contributed by atoms with Gasteiger partial charge in [0.05, 0.1) is 18.0 Å². The van der Waals surface area contributed by atoms with Gasteiger partial charge in [0.15, 0.2) is 11.5 Å². The maximum Gasteiger partial charge on any atom is 0.240 e. The number of nitrogens with one attached hydrogen (secondary N) is 1. The summed E-state index contributed by atoms with van der Waals surface area (Å²) in [6.45, 7) is 6.50.